The van der Waals surface area contributed by atoms with Gasteiger partial charge in [-0.25, -0.2) is 9.97 Å². The minimum absolute atomic E-state index is 0.184. The molecule has 1 aromatic carbocycles. The lowest BCUT2D eigenvalue weighted by molar-refractivity contribution is -0.115. The summed E-state index contributed by atoms with van der Waals surface area (Å²) in [6, 6.07) is 9.62. The summed E-state index contributed by atoms with van der Waals surface area (Å²) in [5, 5.41) is 12.9. The van der Waals surface area contributed by atoms with Crippen molar-refractivity contribution < 1.29 is 9.53 Å². The Labute approximate surface area is 165 Å². The van der Waals surface area contributed by atoms with Gasteiger partial charge in [-0.1, -0.05) is 23.1 Å². The fraction of sp³-hybridized carbons (Fsp3) is 0.263. The molecule has 2 aromatic heterocycles. The van der Waals surface area contributed by atoms with Crippen LogP contribution in [0.2, 0.25) is 0 Å². The number of nitrogens with zero attached hydrogens (tertiary/aromatic N) is 3. The normalized spacial score (nSPS) is 11.8. The third-order valence-electron chi connectivity index (χ3n) is 3.91. The van der Waals surface area contributed by atoms with Gasteiger partial charge in [-0.15, -0.1) is 0 Å². The lowest BCUT2D eigenvalue weighted by Gasteiger charge is -2.12. The zero-order valence-electron chi connectivity index (χ0n) is 15.4. The van der Waals surface area contributed by atoms with E-state index in [9.17, 15) is 10.1 Å². The van der Waals surface area contributed by atoms with Gasteiger partial charge in [0.15, 0.2) is 5.13 Å². The SMILES string of the molecule is COc1ccc2nc(NC(=O)C(C)Sc3nc(C)cc(C)c3C#N)sc2c1. The summed E-state index contributed by atoms with van der Waals surface area (Å²) in [7, 11) is 1.61. The number of thioether (sulfide) groups is 1. The molecule has 0 aliphatic heterocycles. The Bertz CT molecular complexity index is 1060. The highest BCUT2D eigenvalue weighted by molar-refractivity contribution is 8.00. The minimum atomic E-state index is -0.424. The Morgan fingerprint density at radius 2 is 2.11 bits per heavy atom. The number of nitrogens with one attached hydrogen (secondary N) is 1. The van der Waals surface area contributed by atoms with Gasteiger partial charge >= 0.3 is 0 Å². The highest BCUT2D eigenvalue weighted by Gasteiger charge is 2.20. The molecular weight excluding hydrogens is 380 g/mol. The molecule has 0 fully saturated rings. The molecule has 6 nitrogen and oxygen atoms in total. The zero-order chi connectivity index (χ0) is 19.6. The topological polar surface area (TPSA) is 87.9 Å². The van der Waals surface area contributed by atoms with Crippen molar-refractivity contribution in [3.63, 3.8) is 0 Å². The average molecular weight is 399 g/mol. The molecule has 0 bridgehead atoms. The number of rotatable bonds is 5. The number of hydrogen-bond donors (Lipinski definition) is 1. The van der Waals surface area contributed by atoms with Crippen LogP contribution in [0.5, 0.6) is 5.75 Å². The molecule has 8 heteroatoms. The summed E-state index contributed by atoms with van der Waals surface area (Å²) in [6.07, 6.45) is 0. The van der Waals surface area contributed by atoms with Crippen molar-refractivity contribution in [2.45, 2.75) is 31.0 Å². The van der Waals surface area contributed by atoms with E-state index in [-0.39, 0.29) is 5.91 Å². The van der Waals surface area contributed by atoms with Crippen LogP contribution in [0.3, 0.4) is 0 Å². The molecule has 138 valence electrons. The van der Waals surface area contributed by atoms with E-state index >= 15 is 0 Å². The minimum Gasteiger partial charge on any atom is -0.497 e. The molecule has 2 heterocycles. The number of anilines is 1. The number of aromatic nitrogens is 2. The average Bonchev–Trinajstić information content (AvgIpc) is 3.02. The first-order valence-corrected chi connectivity index (χ1v) is 9.91. The molecule has 1 unspecified atom stereocenters. The highest BCUT2D eigenvalue weighted by Crippen LogP contribution is 2.31. The number of hydrogen-bond acceptors (Lipinski definition) is 7. The Morgan fingerprint density at radius 3 is 2.81 bits per heavy atom. The van der Waals surface area contributed by atoms with Gasteiger partial charge in [-0.05, 0) is 50.6 Å². The van der Waals surface area contributed by atoms with Crippen LogP contribution in [0.1, 0.15) is 23.7 Å². The van der Waals surface area contributed by atoms with Crippen LogP contribution in [0.15, 0.2) is 29.3 Å². The molecule has 3 rings (SSSR count). The fourth-order valence-corrected chi connectivity index (χ4v) is 4.46. The third-order valence-corrected chi connectivity index (χ3v) is 5.93. The van der Waals surface area contributed by atoms with Crippen molar-refractivity contribution >= 4 is 44.4 Å². The number of methoxy groups -OCH3 is 1. The van der Waals surface area contributed by atoms with Crippen LogP contribution in [0.25, 0.3) is 10.2 Å². The van der Waals surface area contributed by atoms with Crippen LogP contribution in [0, 0.1) is 25.2 Å². The van der Waals surface area contributed by atoms with Gasteiger partial charge in [0.2, 0.25) is 5.91 Å². The Kier molecular flexibility index (Phi) is 5.63. The number of aryl methyl sites for hydroxylation is 2. The van der Waals surface area contributed by atoms with E-state index in [1.807, 2.05) is 38.1 Å². The van der Waals surface area contributed by atoms with Crippen LogP contribution in [-0.4, -0.2) is 28.2 Å². The Hall–Kier alpha value is -2.63. The van der Waals surface area contributed by atoms with Gasteiger partial charge in [0.1, 0.15) is 16.8 Å². The van der Waals surface area contributed by atoms with Gasteiger partial charge in [0, 0.05) is 5.69 Å². The van der Waals surface area contributed by atoms with Crippen molar-refractivity contribution in [3.8, 4) is 11.8 Å². The van der Waals surface area contributed by atoms with Gasteiger partial charge in [0.25, 0.3) is 0 Å². The molecule has 0 radical (unpaired) electrons. The van der Waals surface area contributed by atoms with E-state index < -0.39 is 5.25 Å². The Balaban J connectivity index is 1.76. The number of benzene rings is 1. The molecule has 0 saturated heterocycles. The number of carbonyl (C=O) groups excluding carboxylic acids is 1. The first kappa shape index (κ1) is 19.1. The monoisotopic (exact) mass is 398 g/mol. The quantitative estimate of drug-likeness (QED) is 0.645. The maximum absolute atomic E-state index is 12.6. The first-order chi connectivity index (χ1) is 12.9. The Morgan fingerprint density at radius 1 is 1.33 bits per heavy atom. The summed E-state index contributed by atoms with van der Waals surface area (Å²) < 4.78 is 6.15. The molecule has 1 N–H and O–H groups in total. The van der Waals surface area contributed by atoms with Crippen molar-refractivity contribution in [1.82, 2.24) is 9.97 Å². The summed E-state index contributed by atoms with van der Waals surface area (Å²) in [5.74, 6) is 0.564. The standard InChI is InChI=1S/C19H18N4O2S2/c1-10-7-11(2)21-18(14(10)9-20)26-12(3)17(24)23-19-22-15-6-5-13(25-4)8-16(15)27-19/h5-8,12H,1-4H3,(H,22,23,24). The maximum atomic E-state index is 12.6. The van der Waals surface area contributed by atoms with E-state index in [0.29, 0.717) is 15.7 Å². The zero-order valence-corrected chi connectivity index (χ0v) is 17.0. The van der Waals surface area contributed by atoms with Crippen LogP contribution in [0.4, 0.5) is 5.13 Å². The van der Waals surface area contributed by atoms with Crippen molar-refractivity contribution in [3.05, 3.63) is 41.1 Å². The molecular formula is C19H18N4O2S2. The smallest absolute Gasteiger partial charge is 0.239 e. The number of amides is 1. The molecule has 0 saturated carbocycles. The van der Waals surface area contributed by atoms with Crippen molar-refractivity contribution in [2.75, 3.05) is 12.4 Å². The van der Waals surface area contributed by atoms with Crippen LogP contribution >= 0.6 is 23.1 Å². The van der Waals surface area contributed by atoms with E-state index in [4.69, 9.17) is 4.74 Å². The highest BCUT2D eigenvalue weighted by atomic mass is 32.2. The summed E-state index contributed by atoms with van der Waals surface area (Å²) in [6.45, 7) is 5.53. The third kappa shape index (κ3) is 4.21. The number of thiazole rings is 1. The molecule has 1 atom stereocenters. The molecule has 3 aromatic rings. The second-order valence-electron chi connectivity index (χ2n) is 5.97. The molecule has 0 spiro atoms. The first-order valence-electron chi connectivity index (χ1n) is 8.21. The van der Waals surface area contributed by atoms with E-state index in [2.05, 4.69) is 21.4 Å². The summed E-state index contributed by atoms with van der Waals surface area (Å²) in [4.78, 5) is 21.4. The van der Waals surface area contributed by atoms with E-state index in [1.165, 1.54) is 23.1 Å². The van der Waals surface area contributed by atoms with Crippen LogP contribution in [-0.2, 0) is 4.79 Å². The van der Waals surface area contributed by atoms with Gasteiger partial charge in [-0.2, -0.15) is 5.26 Å². The lowest BCUT2D eigenvalue weighted by atomic mass is 10.1. The number of ether oxygens (including phenoxy) is 1. The van der Waals surface area contributed by atoms with E-state index in [0.717, 1.165) is 27.2 Å². The predicted octanol–water partition coefficient (Wildman–Crippen LogP) is 4.31. The molecule has 27 heavy (non-hydrogen) atoms. The summed E-state index contributed by atoms with van der Waals surface area (Å²) >= 11 is 2.67. The number of nitriles is 1. The van der Waals surface area contributed by atoms with E-state index in [1.54, 1.807) is 14.0 Å². The predicted molar refractivity (Wildman–Crippen MR) is 109 cm³/mol. The van der Waals surface area contributed by atoms with Crippen molar-refractivity contribution in [2.24, 2.45) is 0 Å². The lowest BCUT2D eigenvalue weighted by Crippen LogP contribution is -2.22. The number of fused-ring (bicyclic) bond motifs is 1. The maximum Gasteiger partial charge on any atom is 0.239 e. The second kappa shape index (κ2) is 7.94. The molecule has 1 amide bonds. The van der Waals surface area contributed by atoms with Gasteiger partial charge in [0.05, 0.1) is 28.1 Å². The number of carbonyl (C=O) groups is 1. The fourth-order valence-electron chi connectivity index (χ4n) is 2.54. The second-order valence-corrected chi connectivity index (χ2v) is 8.33. The largest absolute Gasteiger partial charge is 0.497 e. The van der Waals surface area contributed by atoms with Gasteiger partial charge < -0.3 is 10.1 Å². The molecule has 0 aliphatic rings. The molecule has 0 aliphatic carbocycles. The van der Waals surface area contributed by atoms with Crippen LogP contribution < -0.4 is 10.1 Å². The van der Waals surface area contributed by atoms with Crippen molar-refractivity contribution in [1.29, 1.82) is 5.26 Å². The van der Waals surface area contributed by atoms with Gasteiger partial charge in [-0.3, -0.25) is 4.79 Å². The summed E-state index contributed by atoms with van der Waals surface area (Å²) in [5.41, 5.74) is 3.00. The number of pyridine rings is 1.